The van der Waals surface area contributed by atoms with E-state index in [4.69, 9.17) is 4.42 Å². The first-order valence-electron chi connectivity index (χ1n) is 12.8. The maximum absolute atomic E-state index is 13.9. The molecule has 184 valence electrons. The van der Waals surface area contributed by atoms with Crippen molar-refractivity contribution in [3.63, 3.8) is 0 Å². The minimum atomic E-state index is -1.02. The van der Waals surface area contributed by atoms with E-state index in [0.29, 0.717) is 30.5 Å². The SMILES string of the molecule is CC1CCC(NC(=O)[C@@]2(C)Cn3c(ccc3-c3ccco3)C(=O)N2C[C@@H](C)c2ccccc2)CC1. The van der Waals surface area contributed by atoms with Crippen LogP contribution >= 0.6 is 0 Å². The summed E-state index contributed by atoms with van der Waals surface area (Å²) in [5.41, 5.74) is 1.55. The molecule has 5 rings (SSSR count). The smallest absolute Gasteiger partial charge is 0.271 e. The van der Waals surface area contributed by atoms with Gasteiger partial charge in [0.15, 0.2) is 0 Å². The normalized spacial score (nSPS) is 25.2. The van der Waals surface area contributed by atoms with Gasteiger partial charge in [-0.1, -0.05) is 44.2 Å². The quantitative estimate of drug-likeness (QED) is 0.517. The number of aromatic nitrogens is 1. The summed E-state index contributed by atoms with van der Waals surface area (Å²) in [6.45, 7) is 7.16. The summed E-state index contributed by atoms with van der Waals surface area (Å²) in [4.78, 5) is 29.6. The fraction of sp³-hybridized carbons (Fsp3) is 0.448. The lowest BCUT2D eigenvalue weighted by Crippen LogP contribution is -2.65. The summed E-state index contributed by atoms with van der Waals surface area (Å²) in [5.74, 6) is 1.30. The van der Waals surface area contributed by atoms with Crippen LogP contribution in [0.5, 0.6) is 0 Å². The van der Waals surface area contributed by atoms with Gasteiger partial charge in [-0.25, -0.2) is 0 Å². The van der Waals surface area contributed by atoms with Crippen LogP contribution in [-0.2, 0) is 11.3 Å². The number of hydrogen-bond donors (Lipinski definition) is 1. The third-order valence-electron chi connectivity index (χ3n) is 7.95. The van der Waals surface area contributed by atoms with Gasteiger partial charge in [-0.15, -0.1) is 0 Å². The maximum atomic E-state index is 13.9. The Kier molecular flexibility index (Phi) is 6.30. The Labute approximate surface area is 207 Å². The molecule has 0 saturated heterocycles. The second-order valence-corrected chi connectivity index (χ2v) is 10.6. The molecule has 2 aromatic heterocycles. The molecule has 6 nitrogen and oxygen atoms in total. The average molecular weight is 474 g/mol. The van der Waals surface area contributed by atoms with Crippen LogP contribution in [0.1, 0.15) is 68.4 Å². The lowest BCUT2D eigenvalue weighted by Gasteiger charge is -2.46. The largest absolute Gasteiger partial charge is 0.463 e. The molecule has 0 spiro atoms. The topological polar surface area (TPSA) is 67.5 Å². The molecule has 6 heteroatoms. The Morgan fingerprint density at radius 1 is 1.06 bits per heavy atom. The molecule has 1 aliphatic carbocycles. The number of furan rings is 1. The highest BCUT2D eigenvalue weighted by molar-refractivity contribution is 6.00. The summed E-state index contributed by atoms with van der Waals surface area (Å²) in [7, 11) is 0. The number of benzene rings is 1. The van der Waals surface area contributed by atoms with Crippen molar-refractivity contribution in [1.82, 2.24) is 14.8 Å². The lowest BCUT2D eigenvalue weighted by atomic mass is 9.86. The second kappa shape index (κ2) is 9.40. The van der Waals surface area contributed by atoms with E-state index in [1.807, 2.05) is 54.0 Å². The van der Waals surface area contributed by atoms with Crippen molar-refractivity contribution in [3.8, 4) is 11.5 Å². The number of nitrogens with one attached hydrogen (secondary N) is 1. The van der Waals surface area contributed by atoms with Crippen LogP contribution in [0.4, 0.5) is 0 Å². The Morgan fingerprint density at radius 2 is 1.77 bits per heavy atom. The average Bonchev–Trinajstić information content (AvgIpc) is 3.53. The molecular weight excluding hydrogens is 438 g/mol. The summed E-state index contributed by atoms with van der Waals surface area (Å²) < 4.78 is 7.59. The van der Waals surface area contributed by atoms with Crippen molar-refractivity contribution in [2.75, 3.05) is 6.54 Å². The van der Waals surface area contributed by atoms with Gasteiger partial charge in [-0.3, -0.25) is 9.59 Å². The number of nitrogens with zero attached hydrogens (tertiary/aromatic N) is 2. The van der Waals surface area contributed by atoms with E-state index in [2.05, 4.69) is 31.3 Å². The first-order chi connectivity index (χ1) is 16.9. The molecule has 0 bridgehead atoms. The second-order valence-electron chi connectivity index (χ2n) is 10.6. The summed E-state index contributed by atoms with van der Waals surface area (Å²) in [6.07, 6.45) is 5.86. The standard InChI is InChI=1S/C29H35N3O3/c1-20-11-13-23(14-12-20)30-28(34)29(3)19-31-24(26-10-7-17-35-26)15-16-25(31)27(33)32(29)18-21(2)22-8-5-4-6-9-22/h4-10,15-17,20-21,23H,11-14,18-19H2,1-3H3,(H,30,34)/t20?,21-,23?,29-/m1/s1. The van der Waals surface area contributed by atoms with E-state index in [1.54, 1.807) is 11.2 Å². The third kappa shape index (κ3) is 4.42. The van der Waals surface area contributed by atoms with Crippen molar-refractivity contribution in [3.05, 3.63) is 72.1 Å². The zero-order chi connectivity index (χ0) is 24.6. The molecule has 0 unspecified atom stereocenters. The predicted octanol–water partition coefficient (Wildman–Crippen LogP) is 5.46. The van der Waals surface area contributed by atoms with E-state index in [9.17, 15) is 9.59 Å². The fourth-order valence-corrected chi connectivity index (χ4v) is 5.60. The first kappa shape index (κ1) is 23.5. The molecule has 1 aliphatic heterocycles. The van der Waals surface area contributed by atoms with Gasteiger partial charge in [0.1, 0.15) is 17.0 Å². The fourth-order valence-electron chi connectivity index (χ4n) is 5.60. The zero-order valence-corrected chi connectivity index (χ0v) is 20.9. The van der Waals surface area contributed by atoms with Gasteiger partial charge in [0.05, 0.1) is 18.5 Å². The lowest BCUT2D eigenvalue weighted by molar-refractivity contribution is -0.134. The predicted molar refractivity (Wildman–Crippen MR) is 136 cm³/mol. The number of carbonyl (C=O) groups is 2. The van der Waals surface area contributed by atoms with Crippen LogP contribution in [0.25, 0.3) is 11.5 Å². The Hall–Kier alpha value is -3.28. The molecule has 3 heterocycles. The molecule has 2 aliphatic rings. The number of rotatable bonds is 6. The molecule has 35 heavy (non-hydrogen) atoms. The van der Waals surface area contributed by atoms with E-state index in [-0.39, 0.29) is 23.8 Å². The van der Waals surface area contributed by atoms with Crippen LogP contribution in [-0.4, -0.2) is 39.4 Å². The molecule has 2 atom stereocenters. The molecule has 1 fully saturated rings. The Balaban J connectivity index is 1.49. The van der Waals surface area contributed by atoms with Gasteiger partial charge < -0.3 is 19.2 Å². The van der Waals surface area contributed by atoms with E-state index in [1.165, 1.54) is 0 Å². The molecule has 1 aromatic carbocycles. The van der Waals surface area contributed by atoms with Gasteiger partial charge in [0.2, 0.25) is 5.91 Å². The summed E-state index contributed by atoms with van der Waals surface area (Å²) in [5, 5.41) is 3.32. The maximum Gasteiger partial charge on any atom is 0.271 e. The molecule has 1 saturated carbocycles. The number of fused-ring (bicyclic) bond motifs is 1. The first-order valence-corrected chi connectivity index (χ1v) is 12.8. The van der Waals surface area contributed by atoms with E-state index >= 15 is 0 Å². The van der Waals surface area contributed by atoms with Crippen molar-refractivity contribution in [2.45, 2.75) is 70.5 Å². The minimum Gasteiger partial charge on any atom is -0.463 e. The number of hydrogen-bond acceptors (Lipinski definition) is 3. The summed E-state index contributed by atoms with van der Waals surface area (Å²) >= 11 is 0. The third-order valence-corrected chi connectivity index (χ3v) is 7.95. The summed E-state index contributed by atoms with van der Waals surface area (Å²) in [6, 6.07) is 17.8. The monoisotopic (exact) mass is 473 g/mol. The van der Waals surface area contributed by atoms with Crippen LogP contribution in [0.15, 0.2) is 65.3 Å². The number of carbonyl (C=O) groups excluding carboxylic acids is 2. The van der Waals surface area contributed by atoms with Crippen molar-refractivity contribution < 1.29 is 14.0 Å². The minimum absolute atomic E-state index is 0.0737. The van der Waals surface area contributed by atoms with Gasteiger partial charge >= 0.3 is 0 Å². The van der Waals surface area contributed by atoms with Crippen LogP contribution in [0.3, 0.4) is 0 Å². The molecular formula is C29H35N3O3. The molecule has 3 aromatic rings. The van der Waals surface area contributed by atoms with Gasteiger partial charge in [0.25, 0.3) is 5.91 Å². The molecule has 2 amide bonds. The Morgan fingerprint density at radius 3 is 2.46 bits per heavy atom. The van der Waals surface area contributed by atoms with E-state index in [0.717, 1.165) is 36.9 Å². The van der Waals surface area contributed by atoms with Crippen LogP contribution in [0, 0.1) is 5.92 Å². The molecule has 1 N–H and O–H groups in total. The van der Waals surface area contributed by atoms with Crippen molar-refractivity contribution in [1.29, 1.82) is 0 Å². The van der Waals surface area contributed by atoms with Gasteiger partial charge in [-0.05, 0) is 74.3 Å². The highest BCUT2D eigenvalue weighted by Crippen LogP contribution is 2.35. The van der Waals surface area contributed by atoms with E-state index < -0.39 is 5.54 Å². The van der Waals surface area contributed by atoms with Crippen LogP contribution < -0.4 is 5.32 Å². The highest BCUT2D eigenvalue weighted by atomic mass is 16.3. The van der Waals surface area contributed by atoms with Crippen LogP contribution in [0.2, 0.25) is 0 Å². The van der Waals surface area contributed by atoms with Gasteiger partial charge in [0, 0.05) is 12.6 Å². The number of amides is 2. The van der Waals surface area contributed by atoms with Crippen molar-refractivity contribution in [2.24, 2.45) is 5.92 Å². The zero-order valence-electron chi connectivity index (χ0n) is 20.9. The Bertz CT molecular complexity index is 1180. The van der Waals surface area contributed by atoms with Gasteiger partial charge in [-0.2, -0.15) is 0 Å². The van der Waals surface area contributed by atoms with Crippen molar-refractivity contribution >= 4 is 11.8 Å². The molecule has 0 radical (unpaired) electrons. The highest BCUT2D eigenvalue weighted by Gasteiger charge is 2.48.